The third-order valence-corrected chi connectivity index (χ3v) is 1.85. The summed E-state index contributed by atoms with van der Waals surface area (Å²) in [5.41, 5.74) is 6.31. The molecule has 0 aromatic carbocycles. The Bertz CT molecular complexity index is 265. The van der Waals surface area contributed by atoms with Gasteiger partial charge in [0.2, 0.25) is 0 Å². The number of rotatable bonds is 4. The minimum absolute atomic E-state index is 0.129. The molecule has 0 atom stereocenters. The van der Waals surface area contributed by atoms with Gasteiger partial charge in [-0.15, -0.1) is 0 Å². The van der Waals surface area contributed by atoms with Crippen LogP contribution in [-0.2, 0) is 0 Å². The van der Waals surface area contributed by atoms with E-state index in [1.54, 1.807) is 18.3 Å². The first-order valence-electron chi connectivity index (χ1n) is 4.35. The standard InChI is InChI=1S/C9H15N3O/c1-2-12(5-6-13)9-7-8(10)3-4-11-9/h3-4,7,13H,2,5-6H2,1H3,(H2,10,11). The lowest BCUT2D eigenvalue weighted by Crippen LogP contribution is -2.26. The van der Waals surface area contributed by atoms with Crippen molar-refractivity contribution in [3.8, 4) is 0 Å². The number of hydrogen-bond acceptors (Lipinski definition) is 4. The zero-order valence-electron chi connectivity index (χ0n) is 7.77. The molecule has 1 aromatic rings. The van der Waals surface area contributed by atoms with E-state index in [4.69, 9.17) is 10.8 Å². The molecule has 0 aliphatic rings. The van der Waals surface area contributed by atoms with Gasteiger partial charge < -0.3 is 15.7 Å². The summed E-state index contributed by atoms with van der Waals surface area (Å²) in [6.07, 6.45) is 1.67. The molecule has 1 rings (SSSR count). The summed E-state index contributed by atoms with van der Waals surface area (Å²) >= 11 is 0. The first-order valence-corrected chi connectivity index (χ1v) is 4.35. The van der Waals surface area contributed by atoms with Gasteiger partial charge in [0.1, 0.15) is 5.82 Å². The van der Waals surface area contributed by atoms with Crippen molar-refractivity contribution in [1.82, 2.24) is 4.98 Å². The molecule has 72 valence electrons. The molecule has 0 spiro atoms. The van der Waals surface area contributed by atoms with Crippen LogP contribution in [0.4, 0.5) is 11.5 Å². The van der Waals surface area contributed by atoms with Gasteiger partial charge in [-0.2, -0.15) is 0 Å². The van der Waals surface area contributed by atoms with Crippen LogP contribution in [0, 0.1) is 0 Å². The maximum atomic E-state index is 8.80. The van der Waals surface area contributed by atoms with E-state index in [0.29, 0.717) is 12.2 Å². The van der Waals surface area contributed by atoms with Crippen LogP contribution in [0.15, 0.2) is 18.3 Å². The van der Waals surface area contributed by atoms with Gasteiger partial charge in [-0.3, -0.25) is 0 Å². The SMILES string of the molecule is CCN(CCO)c1cc(N)ccn1. The van der Waals surface area contributed by atoms with Crippen molar-refractivity contribution in [2.45, 2.75) is 6.92 Å². The number of hydrogen-bond donors (Lipinski definition) is 2. The van der Waals surface area contributed by atoms with Crippen LogP contribution in [0.3, 0.4) is 0 Å². The van der Waals surface area contributed by atoms with Gasteiger partial charge in [-0.05, 0) is 13.0 Å². The largest absolute Gasteiger partial charge is 0.399 e. The highest BCUT2D eigenvalue weighted by molar-refractivity contribution is 5.50. The molecular formula is C9H15N3O. The molecule has 1 heterocycles. The normalized spacial score (nSPS) is 10.0. The average molecular weight is 181 g/mol. The Balaban J connectivity index is 2.78. The lowest BCUT2D eigenvalue weighted by molar-refractivity contribution is 0.302. The summed E-state index contributed by atoms with van der Waals surface area (Å²) in [6.45, 7) is 3.55. The van der Waals surface area contributed by atoms with Gasteiger partial charge in [-0.1, -0.05) is 0 Å². The van der Waals surface area contributed by atoms with Gasteiger partial charge in [-0.25, -0.2) is 4.98 Å². The van der Waals surface area contributed by atoms with Crippen molar-refractivity contribution in [2.24, 2.45) is 0 Å². The molecule has 1 aromatic heterocycles. The number of aliphatic hydroxyl groups is 1. The minimum Gasteiger partial charge on any atom is -0.399 e. The van der Waals surface area contributed by atoms with Crippen molar-refractivity contribution in [3.63, 3.8) is 0 Å². The lowest BCUT2D eigenvalue weighted by Gasteiger charge is -2.20. The van der Waals surface area contributed by atoms with Crippen LogP contribution in [0.25, 0.3) is 0 Å². The fourth-order valence-electron chi connectivity index (χ4n) is 1.16. The van der Waals surface area contributed by atoms with Gasteiger partial charge in [0.05, 0.1) is 6.61 Å². The molecular weight excluding hydrogens is 166 g/mol. The molecule has 4 heteroatoms. The average Bonchev–Trinajstić information content (AvgIpc) is 2.14. The highest BCUT2D eigenvalue weighted by atomic mass is 16.3. The van der Waals surface area contributed by atoms with Crippen molar-refractivity contribution < 1.29 is 5.11 Å². The summed E-state index contributed by atoms with van der Waals surface area (Å²) in [6, 6.07) is 3.55. The number of pyridine rings is 1. The quantitative estimate of drug-likeness (QED) is 0.709. The zero-order valence-corrected chi connectivity index (χ0v) is 7.77. The molecule has 0 fully saturated rings. The second-order valence-electron chi connectivity index (χ2n) is 2.75. The smallest absolute Gasteiger partial charge is 0.130 e. The summed E-state index contributed by atoms with van der Waals surface area (Å²) in [4.78, 5) is 6.13. The number of nitrogens with two attached hydrogens (primary N) is 1. The number of nitrogen functional groups attached to an aromatic ring is 1. The van der Waals surface area contributed by atoms with E-state index in [1.165, 1.54) is 0 Å². The Hall–Kier alpha value is -1.29. The molecule has 0 radical (unpaired) electrons. The Kier molecular flexibility index (Phi) is 3.52. The van der Waals surface area contributed by atoms with Gasteiger partial charge in [0, 0.05) is 31.0 Å². The van der Waals surface area contributed by atoms with Crippen LogP contribution in [0.2, 0.25) is 0 Å². The van der Waals surface area contributed by atoms with E-state index in [1.807, 2.05) is 11.8 Å². The van der Waals surface area contributed by atoms with E-state index < -0.39 is 0 Å². The predicted molar refractivity (Wildman–Crippen MR) is 53.6 cm³/mol. The second kappa shape index (κ2) is 4.67. The first kappa shape index (κ1) is 9.80. The first-order chi connectivity index (χ1) is 6.27. The number of aromatic nitrogens is 1. The van der Waals surface area contributed by atoms with Crippen LogP contribution >= 0.6 is 0 Å². The molecule has 0 saturated heterocycles. The van der Waals surface area contributed by atoms with Crippen LogP contribution in [0.1, 0.15) is 6.92 Å². The number of aliphatic hydroxyl groups excluding tert-OH is 1. The van der Waals surface area contributed by atoms with Crippen molar-refractivity contribution in [1.29, 1.82) is 0 Å². The molecule has 0 aliphatic carbocycles. The molecule has 0 unspecified atom stereocenters. The van der Waals surface area contributed by atoms with Crippen molar-refractivity contribution >= 4 is 11.5 Å². The third kappa shape index (κ3) is 2.59. The van der Waals surface area contributed by atoms with Crippen LogP contribution in [0.5, 0.6) is 0 Å². The van der Waals surface area contributed by atoms with E-state index in [9.17, 15) is 0 Å². The highest BCUT2D eigenvalue weighted by Gasteiger charge is 2.03. The maximum Gasteiger partial charge on any atom is 0.130 e. The van der Waals surface area contributed by atoms with Gasteiger partial charge in [0.15, 0.2) is 0 Å². The minimum atomic E-state index is 0.129. The Morgan fingerprint density at radius 3 is 2.92 bits per heavy atom. The Morgan fingerprint density at radius 1 is 1.62 bits per heavy atom. The topological polar surface area (TPSA) is 62.4 Å². The molecule has 13 heavy (non-hydrogen) atoms. The molecule has 0 aliphatic heterocycles. The second-order valence-corrected chi connectivity index (χ2v) is 2.75. The van der Waals surface area contributed by atoms with E-state index in [-0.39, 0.29) is 6.61 Å². The van der Waals surface area contributed by atoms with Crippen LogP contribution in [-0.4, -0.2) is 29.8 Å². The maximum absolute atomic E-state index is 8.80. The Labute approximate surface area is 78.0 Å². The predicted octanol–water partition coefficient (Wildman–Crippen LogP) is 0.482. The monoisotopic (exact) mass is 181 g/mol. The molecule has 0 bridgehead atoms. The van der Waals surface area contributed by atoms with E-state index in [0.717, 1.165) is 12.4 Å². The fraction of sp³-hybridized carbons (Fsp3) is 0.444. The Morgan fingerprint density at radius 2 is 2.38 bits per heavy atom. The van der Waals surface area contributed by atoms with E-state index >= 15 is 0 Å². The summed E-state index contributed by atoms with van der Waals surface area (Å²) in [5, 5.41) is 8.80. The summed E-state index contributed by atoms with van der Waals surface area (Å²) in [7, 11) is 0. The molecule has 3 N–H and O–H groups in total. The number of likely N-dealkylation sites (N-methyl/N-ethyl adjacent to an activating group) is 1. The van der Waals surface area contributed by atoms with Gasteiger partial charge >= 0.3 is 0 Å². The summed E-state index contributed by atoms with van der Waals surface area (Å²) < 4.78 is 0. The molecule has 0 saturated carbocycles. The van der Waals surface area contributed by atoms with Crippen molar-refractivity contribution in [3.05, 3.63) is 18.3 Å². The lowest BCUT2D eigenvalue weighted by atomic mass is 10.3. The van der Waals surface area contributed by atoms with Crippen LogP contribution < -0.4 is 10.6 Å². The highest BCUT2D eigenvalue weighted by Crippen LogP contribution is 2.12. The van der Waals surface area contributed by atoms with Crippen molar-refractivity contribution in [2.75, 3.05) is 30.3 Å². The van der Waals surface area contributed by atoms with E-state index in [2.05, 4.69) is 4.98 Å². The fourth-order valence-corrected chi connectivity index (χ4v) is 1.16. The summed E-state index contributed by atoms with van der Waals surface area (Å²) in [5.74, 6) is 0.816. The number of nitrogens with zero attached hydrogens (tertiary/aromatic N) is 2. The van der Waals surface area contributed by atoms with Gasteiger partial charge in [0.25, 0.3) is 0 Å². The number of anilines is 2. The molecule has 4 nitrogen and oxygen atoms in total. The molecule has 0 amide bonds. The third-order valence-electron chi connectivity index (χ3n) is 1.85. The zero-order chi connectivity index (χ0) is 9.68.